The smallest absolute Gasteiger partial charge is 0.0890 e. The number of hydrogen-bond donors (Lipinski definition) is 2. The first-order valence-corrected chi connectivity index (χ1v) is 5.75. The SMILES string of the molecule is Nc1ccc2c(c1)SNC1CCCN21. The van der Waals surface area contributed by atoms with Crippen LogP contribution in [0.2, 0.25) is 0 Å². The summed E-state index contributed by atoms with van der Waals surface area (Å²) in [5.41, 5.74) is 7.94. The normalized spacial score (nSPS) is 24.6. The van der Waals surface area contributed by atoms with Crippen molar-refractivity contribution in [3.05, 3.63) is 18.2 Å². The van der Waals surface area contributed by atoms with E-state index < -0.39 is 0 Å². The first kappa shape index (κ1) is 8.44. The molecule has 0 aliphatic carbocycles. The van der Waals surface area contributed by atoms with Crippen molar-refractivity contribution in [2.24, 2.45) is 0 Å². The van der Waals surface area contributed by atoms with Gasteiger partial charge < -0.3 is 10.6 Å². The van der Waals surface area contributed by atoms with E-state index in [4.69, 9.17) is 5.73 Å². The van der Waals surface area contributed by atoms with Crippen LogP contribution >= 0.6 is 11.9 Å². The molecule has 1 aromatic rings. The van der Waals surface area contributed by atoms with Crippen LogP contribution in [-0.4, -0.2) is 12.7 Å². The standard InChI is InChI=1S/C10H13N3S/c11-7-3-4-8-9(6-7)14-12-10-2-1-5-13(8)10/h3-4,6,10,12H,1-2,5,11H2. The summed E-state index contributed by atoms with van der Waals surface area (Å²) in [5, 5.41) is 0. The molecule has 0 spiro atoms. The Morgan fingerprint density at radius 3 is 3.36 bits per heavy atom. The minimum atomic E-state index is 0.524. The summed E-state index contributed by atoms with van der Waals surface area (Å²) in [6.07, 6.45) is 3.05. The molecule has 0 amide bonds. The molecule has 3 N–H and O–H groups in total. The summed E-state index contributed by atoms with van der Waals surface area (Å²) in [7, 11) is 0. The largest absolute Gasteiger partial charge is 0.399 e. The van der Waals surface area contributed by atoms with Crippen molar-refractivity contribution in [3.63, 3.8) is 0 Å². The fraction of sp³-hybridized carbons (Fsp3) is 0.400. The third-order valence-corrected chi connectivity index (χ3v) is 3.79. The van der Waals surface area contributed by atoms with E-state index in [1.54, 1.807) is 11.9 Å². The Kier molecular flexibility index (Phi) is 1.85. The second kappa shape index (κ2) is 3.07. The molecule has 1 atom stereocenters. The van der Waals surface area contributed by atoms with Crippen molar-refractivity contribution in [3.8, 4) is 0 Å². The Bertz CT molecular complexity index is 366. The number of anilines is 2. The second-order valence-electron chi connectivity index (χ2n) is 3.80. The molecule has 0 saturated carbocycles. The molecule has 14 heavy (non-hydrogen) atoms. The Morgan fingerprint density at radius 2 is 2.43 bits per heavy atom. The van der Waals surface area contributed by atoms with Gasteiger partial charge in [0.25, 0.3) is 0 Å². The van der Waals surface area contributed by atoms with E-state index in [2.05, 4.69) is 15.7 Å². The highest BCUT2D eigenvalue weighted by molar-refractivity contribution is 7.97. The third kappa shape index (κ3) is 1.18. The Labute approximate surface area is 87.8 Å². The van der Waals surface area contributed by atoms with Gasteiger partial charge in [-0.3, -0.25) is 0 Å². The molecule has 0 radical (unpaired) electrons. The maximum atomic E-state index is 5.76. The maximum absolute atomic E-state index is 5.76. The summed E-state index contributed by atoms with van der Waals surface area (Å²) in [6, 6.07) is 6.17. The molecule has 0 aromatic heterocycles. The Balaban J connectivity index is 2.05. The van der Waals surface area contributed by atoms with Gasteiger partial charge in [-0.1, -0.05) is 0 Å². The second-order valence-corrected chi connectivity index (χ2v) is 4.68. The van der Waals surface area contributed by atoms with Crippen LogP contribution in [0.3, 0.4) is 0 Å². The number of fused-ring (bicyclic) bond motifs is 3. The number of nitrogens with one attached hydrogen (secondary N) is 1. The molecule has 3 nitrogen and oxygen atoms in total. The van der Waals surface area contributed by atoms with Gasteiger partial charge in [-0.2, -0.15) is 0 Å². The van der Waals surface area contributed by atoms with Crippen molar-refractivity contribution >= 4 is 23.3 Å². The Morgan fingerprint density at radius 1 is 1.50 bits per heavy atom. The van der Waals surface area contributed by atoms with Crippen LogP contribution < -0.4 is 15.4 Å². The highest BCUT2D eigenvalue weighted by atomic mass is 32.2. The molecule has 74 valence electrons. The lowest BCUT2D eigenvalue weighted by Gasteiger charge is -2.33. The van der Waals surface area contributed by atoms with Crippen molar-refractivity contribution in [2.75, 3.05) is 17.2 Å². The number of hydrogen-bond acceptors (Lipinski definition) is 4. The monoisotopic (exact) mass is 207 g/mol. The lowest BCUT2D eigenvalue weighted by atomic mass is 10.2. The van der Waals surface area contributed by atoms with Gasteiger partial charge in [-0.05, 0) is 43.0 Å². The zero-order valence-corrected chi connectivity index (χ0v) is 8.68. The van der Waals surface area contributed by atoms with Gasteiger partial charge in [0.15, 0.2) is 0 Å². The number of nitrogens with zero attached hydrogens (tertiary/aromatic N) is 1. The lowest BCUT2D eigenvalue weighted by Crippen LogP contribution is -2.41. The van der Waals surface area contributed by atoms with Crippen molar-refractivity contribution in [1.82, 2.24) is 4.72 Å². The number of nitrogen functional groups attached to an aromatic ring is 1. The van der Waals surface area contributed by atoms with Crippen LogP contribution in [0.5, 0.6) is 0 Å². The summed E-state index contributed by atoms with van der Waals surface area (Å²) < 4.78 is 3.45. The molecular weight excluding hydrogens is 194 g/mol. The lowest BCUT2D eigenvalue weighted by molar-refractivity contribution is 0.643. The summed E-state index contributed by atoms with van der Waals surface area (Å²) >= 11 is 1.71. The van der Waals surface area contributed by atoms with Crippen LogP contribution in [0.1, 0.15) is 12.8 Å². The third-order valence-electron chi connectivity index (χ3n) is 2.85. The van der Waals surface area contributed by atoms with Crippen LogP contribution in [-0.2, 0) is 0 Å². The minimum Gasteiger partial charge on any atom is -0.399 e. The molecule has 3 rings (SSSR count). The molecule has 1 unspecified atom stereocenters. The highest BCUT2D eigenvalue weighted by Gasteiger charge is 2.30. The van der Waals surface area contributed by atoms with Gasteiger partial charge >= 0.3 is 0 Å². The van der Waals surface area contributed by atoms with Crippen molar-refractivity contribution in [2.45, 2.75) is 23.9 Å². The topological polar surface area (TPSA) is 41.3 Å². The molecule has 1 saturated heterocycles. The average molecular weight is 207 g/mol. The summed E-state index contributed by atoms with van der Waals surface area (Å²) in [5.74, 6) is 0. The van der Waals surface area contributed by atoms with E-state index >= 15 is 0 Å². The molecule has 1 aromatic carbocycles. The summed E-state index contributed by atoms with van der Waals surface area (Å²) in [4.78, 5) is 3.69. The summed E-state index contributed by atoms with van der Waals surface area (Å²) in [6.45, 7) is 1.16. The fourth-order valence-electron chi connectivity index (χ4n) is 2.16. The van der Waals surface area contributed by atoms with E-state index in [0.717, 1.165) is 12.2 Å². The first-order valence-electron chi connectivity index (χ1n) is 4.93. The minimum absolute atomic E-state index is 0.524. The molecule has 2 heterocycles. The molecule has 1 fully saturated rings. The van der Waals surface area contributed by atoms with Crippen molar-refractivity contribution < 1.29 is 0 Å². The van der Waals surface area contributed by atoms with Gasteiger partial charge in [-0.15, -0.1) is 0 Å². The zero-order chi connectivity index (χ0) is 9.54. The van der Waals surface area contributed by atoms with Crippen molar-refractivity contribution in [1.29, 1.82) is 0 Å². The van der Waals surface area contributed by atoms with Crippen LogP contribution in [0.25, 0.3) is 0 Å². The van der Waals surface area contributed by atoms with E-state index in [0.29, 0.717) is 6.17 Å². The average Bonchev–Trinajstić information content (AvgIpc) is 2.65. The maximum Gasteiger partial charge on any atom is 0.0890 e. The quantitative estimate of drug-likeness (QED) is 0.503. The van der Waals surface area contributed by atoms with E-state index in [1.165, 1.54) is 23.4 Å². The predicted molar refractivity (Wildman–Crippen MR) is 60.2 cm³/mol. The number of nitrogens with two attached hydrogens (primary N) is 1. The van der Waals surface area contributed by atoms with Gasteiger partial charge in [0.1, 0.15) is 0 Å². The predicted octanol–water partition coefficient (Wildman–Crippen LogP) is 1.81. The van der Waals surface area contributed by atoms with Gasteiger partial charge in [-0.25, -0.2) is 4.72 Å². The molecule has 2 aliphatic heterocycles. The molecule has 2 aliphatic rings. The fourth-order valence-corrected chi connectivity index (χ4v) is 3.15. The highest BCUT2D eigenvalue weighted by Crippen LogP contribution is 2.39. The molecule has 0 bridgehead atoms. The van der Waals surface area contributed by atoms with E-state index in [1.807, 2.05) is 12.1 Å². The molecule has 4 heteroatoms. The van der Waals surface area contributed by atoms with Crippen LogP contribution in [0.15, 0.2) is 23.1 Å². The molecular formula is C10H13N3S. The van der Waals surface area contributed by atoms with Gasteiger partial charge in [0, 0.05) is 17.1 Å². The zero-order valence-electron chi connectivity index (χ0n) is 7.86. The van der Waals surface area contributed by atoms with Crippen LogP contribution in [0, 0.1) is 0 Å². The first-order chi connectivity index (χ1) is 6.84. The van der Waals surface area contributed by atoms with Gasteiger partial charge in [0.2, 0.25) is 0 Å². The van der Waals surface area contributed by atoms with E-state index in [-0.39, 0.29) is 0 Å². The van der Waals surface area contributed by atoms with Crippen LogP contribution in [0.4, 0.5) is 11.4 Å². The van der Waals surface area contributed by atoms with Gasteiger partial charge in [0.05, 0.1) is 11.9 Å². The van der Waals surface area contributed by atoms with E-state index in [9.17, 15) is 0 Å². The number of benzene rings is 1. The number of rotatable bonds is 0. The Hall–Kier alpha value is -0.870.